The first-order valence-electron chi connectivity index (χ1n) is 10.4. The fourth-order valence-electron chi connectivity index (χ4n) is 3.48. The van der Waals surface area contributed by atoms with E-state index in [1.54, 1.807) is 34.7 Å². The molecule has 8 nitrogen and oxygen atoms in total. The lowest BCUT2D eigenvalue weighted by Crippen LogP contribution is -2.45. The lowest BCUT2D eigenvalue weighted by atomic mass is 9.97. The standard InChI is InChI=1S/C21H32FN3O5S/c1-6-23-31(28,29)16-9-10-18(22)17(12-16)19(26)25-11-7-8-15(14-25)13-24(5)20(27)30-21(2,3)4/h9-10,12,15,23H,6-8,11,13-14H2,1-5H3. The highest BCUT2D eigenvalue weighted by atomic mass is 32.2. The zero-order chi connectivity index (χ0) is 23.4. The zero-order valence-corrected chi connectivity index (χ0v) is 19.6. The first-order valence-corrected chi connectivity index (χ1v) is 11.8. The molecule has 2 rings (SSSR count). The summed E-state index contributed by atoms with van der Waals surface area (Å²) in [6, 6.07) is 3.21. The molecule has 1 atom stereocenters. The van der Waals surface area contributed by atoms with Crippen LogP contribution in [0.3, 0.4) is 0 Å². The number of benzene rings is 1. The van der Waals surface area contributed by atoms with Crippen LogP contribution in [0.15, 0.2) is 23.1 Å². The molecule has 0 saturated carbocycles. The van der Waals surface area contributed by atoms with Crippen LogP contribution in [0.1, 0.15) is 50.9 Å². The number of halogens is 1. The lowest BCUT2D eigenvalue weighted by molar-refractivity contribution is 0.0244. The number of amides is 2. The third kappa shape index (κ3) is 6.90. The Kier molecular flexibility index (Phi) is 8.04. The quantitative estimate of drug-likeness (QED) is 0.709. The van der Waals surface area contributed by atoms with Crippen LogP contribution in [-0.2, 0) is 14.8 Å². The van der Waals surface area contributed by atoms with Crippen molar-refractivity contribution in [3.63, 3.8) is 0 Å². The lowest BCUT2D eigenvalue weighted by Gasteiger charge is -2.35. The van der Waals surface area contributed by atoms with E-state index in [-0.39, 0.29) is 22.9 Å². The molecule has 1 heterocycles. The molecule has 31 heavy (non-hydrogen) atoms. The number of nitrogens with one attached hydrogen (secondary N) is 1. The molecule has 0 aromatic heterocycles. The Balaban J connectivity index is 2.12. The number of ether oxygens (including phenoxy) is 1. The Morgan fingerprint density at radius 2 is 2.00 bits per heavy atom. The van der Waals surface area contributed by atoms with Crippen molar-refractivity contribution in [1.29, 1.82) is 0 Å². The molecule has 0 radical (unpaired) electrons. The van der Waals surface area contributed by atoms with Gasteiger partial charge < -0.3 is 14.5 Å². The number of nitrogens with zero attached hydrogens (tertiary/aromatic N) is 2. The van der Waals surface area contributed by atoms with Gasteiger partial charge in [-0.15, -0.1) is 0 Å². The van der Waals surface area contributed by atoms with Gasteiger partial charge in [-0.1, -0.05) is 6.92 Å². The second-order valence-corrected chi connectivity index (χ2v) is 10.5. The summed E-state index contributed by atoms with van der Waals surface area (Å²) >= 11 is 0. The van der Waals surface area contributed by atoms with E-state index in [4.69, 9.17) is 4.74 Å². The van der Waals surface area contributed by atoms with Gasteiger partial charge in [-0.2, -0.15) is 0 Å². The second-order valence-electron chi connectivity index (χ2n) is 8.76. The SMILES string of the molecule is CCNS(=O)(=O)c1ccc(F)c(C(=O)N2CCCC(CN(C)C(=O)OC(C)(C)C)C2)c1. The predicted molar refractivity (Wildman–Crippen MR) is 115 cm³/mol. The molecule has 1 fully saturated rings. The average molecular weight is 458 g/mol. The third-order valence-corrected chi connectivity index (χ3v) is 6.40. The Hall–Kier alpha value is -2.20. The van der Waals surface area contributed by atoms with Gasteiger partial charge >= 0.3 is 6.09 Å². The molecule has 0 spiro atoms. The van der Waals surface area contributed by atoms with E-state index in [2.05, 4.69) is 4.72 Å². The number of piperidine rings is 1. The molecular weight excluding hydrogens is 425 g/mol. The second kappa shape index (κ2) is 9.95. The van der Waals surface area contributed by atoms with E-state index in [0.717, 1.165) is 24.6 Å². The largest absolute Gasteiger partial charge is 0.444 e. The smallest absolute Gasteiger partial charge is 0.410 e. The monoisotopic (exact) mass is 457 g/mol. The number of sulfonamides is 1. The molecule has 2 amide bonds. The number of rotatable bonds is 6. The van der Waals surface area contributed by atoms with E-state index in [9.17, 15) is 22.4 Å². The van der Waals surface area contributed by atoms with Crippen LogP contribution in [0.4, 0.5) is 9.18 Å². The molecule has 0 aliphatic carbocycles. The fourth-order valence-corrected chi connectivity index (χ4v) is 4.55. The van der Waals surface area contributed by atoms with Gasteiger partial charge in [0, 0.05) is 33.2 Å². The van der Waals surface area contributed by atoms with E-state index < -0.39 is 33.4 Å². The summed E-state index contributed by atoms with van der Waals surface area (Å²) in [5.74, 6) is -1.32. The van der Waals surface area contributed by atoms with E-state index in [1.807, 2.05) is 0 Å². The zero-order valence-electron chi connectivity index (χ0n) is 18.8. The summed E-state index contributed by atoms with van der Waals surface area (Å²) in [4.78, 5) is 28.0. The molecular formula is C21H32FN3O5S. The summed E-state index contributed by atoms with van der Waals surface area (Å²) in [6.07, 6.45) is 1.08. The normalized spacial score (nSPS) is 17.4. The van der Waals surface area contributed by atoms with Crippen LogP contribution >= 0.6 is 0 Å². The molecule has 1 N–H and O–H groups in total. The summed E-state index contributed by atoms with van der Waals surface area (Å²) in [5, 5.41) is 0. The molecule has 1 aliphatic heterocycles. The van der Waals surface area contributed by atoms with Crippen molar-refractivity contribution in [3.8, 4) is 0 Å². The topological polar surface area (TPSA) is 96.0 Å². The van der Waals surface area contributed by atoms with Gasteiger partial charge in [0.25, 0.3) is 5.91 Å². The number of hydrogen-bond donors (Lipinski definition) is 1. The maximum absolute atomic E-state index is 14.4. The average Bonchev–Trinajstić information content (AvgIpc) is 2.66. The van der Waals surface area contributed by atoms with Crippen molar-refractivity contribution >= 4 is 22.0 Å². The molecule has 1 aromatic carbocycles. The van der Waals surface area contributed by atoms with Crippen LogP contribution in [0.5, 0.6) is 0 Å². The molecule has 1 aliphatic rings. The van der Waals surface area contributed by atoms with E-state index in [1.165, 1.54) is 9.80 Å². The summed E-state index contributed by atoms with van der Waals surface area (Å²) in [7, 11) is -2.17. The minimum absolute atomic E-state index is 0.00644. The van der Waals surface area contributed by atoms with Crippen molar-refractivity contribution in [2.24, 2.45) is 5.92 Å². The summed E-state index contributed by atoms with van der Waals surface area (Å²) < 4.78 is 46.5. The molecule has 174 valence electrons. The highest BCUT2D eigenvalue weighted by molar-refractivity contribution is 7.89. The predicted octanol–water partition coefficient (Wildman–Crippen LogP) is 2.84. The van der Waals surface area contributed by atoms with Gasteiger partial charge in [0.05, 0.1) is 10.5 Å². The minimum Gasteiger partial charge on any atom is -0.444 e. The van der Waals surface area contributed by atoms with Gasteiger partial charge in [-0.3, -0.25) is 4.79 Å². The molecule has 1 aromatic rings. The number of carbonyl (C=O) groups is 2. The number of likely N-dealkylation sites (tertiary alicyclic amines) is 1. The van der Waals surface area contributed by atoms with Gasteiger partial charge in [0.15, 0.2) is 0 Å². The van der Waals surface area contributed by atoms with Crippen LogP contribution < -0.4 is 4.72 Å². The van der Waals surface area contributed by atoms with Crippen molar-refractivity contribution in [2.75, 3.05) is 33.2 Å². The van der Waals surface area contributed by atoms with Gasteiger partial charge in [0.1, 0.15) is 11.4 Å². The molecule has 10 heteroatoms. The summed E-state index contributed by atoms with van der Waals surface area (Å²) in [6.45, 7) is 8.37. The first-order chi connectivity index (χ1) is 14.3. The Morgan fingerprint density at radius 3 is 2.61 bits per heavy atom. The Bertz CT molecular complexity index is 914. The van der Waals surface area contributed by atoms with Crippen LogP contribution in [-0.4, -0.2) is 69.0 Å². The van der Waals surface area contributed by atoms with E-state index >= 15 is 0 Å². The van der Waals surface area contributed by atoms with Crippen molar-refractivity contribution < 1.29 is 27.1 Å². The number of hydrogen-bond acceptors (Lipinski definition) is 5. The fraction of sp³-hybridized carbons (Fsp3) is 0.619. The van der Waals surface area contributed by atoms with Crippen LogP contribution in [0.2, 0.25) is 0 Å². The van der Waals surface area contributed by atoms with Crippen molar-refractivity contribution in [1.82, 2.24) is 14.5 Å². The van der Waals surface area contributed by atoms with Crippen molar-refractivity contribution in [3.05, 3.63) is 29.6 Å². The maximum Gasteiger partial charge on any atom is 0.410 e. The maximum atomic E-state index is 14.4. The number of carbonyl (C=O) groups excluding carboxylic acids is 2. The third-order valence-electron chi connectivity index (χ3n) is 4.86. The Labute approximate surface area is 183 Å². The molecule has 1 unspecified atom stereocenters. The van der Waals surface area contributed by atoms with Crippen LogP contribution in [0.25, 0.3) is 0 Å². The summed E-state index contributed by atoms with van der Waals surface area (Å²) in [5.41, 5.74) is -0.879. The van der Waals surface area contributed by atoms with Gasteiger partial charge in [0.2, 0.25) is 10.0 Å². The highest BCUT2D eigenvalue weighted by Gasteiger charge is 2.29. The van der Waals surface area contributed by atoms with Gasteiger partial charge in [-0.25, -0.2) is 22.3 Å². The van der Waals surface area contributed by atoms with Crippen molar-refractivity contribution in [2.45, 2.75) is 51.0 Å². The highest BCUT2D eigenvalue weighted by Crippen LogP contribution is 2.23. The minimum atomic E-state index is -3.81. The molecule has 0 bridgehead atoms. The van der Waals surface area contributed by atoms with E-state index in [0.29, 0.717) is 26.1 Å². The van der Waals surface area contributed by atoms with Gasteiger partial charge in [-0.05, 0) is 57.7 Å². The first kappa shape index (κ1) is 25.1. The molecule has 1 saturated heterocycles. The Morgan fingerprint density at radius 1 is 1.32 bits per heavy atom. The van der Waals surface area contributed by atoms with Crippen LogP contribution in [0, 0.1) is 11.7 Å².